The average Bonchev–Trinajstić information content (AvgIpc) is 2.69. The number of thioether (sulfide) groups is 1. The van der Waals surface area contributed by atoms with Crippen LogP contribution in [0.3, 0.4) is 0 Å². The van der Waals surface area contributed by atoms with Gasteiger partial charge >= 0.3 is 5.63 Å². The Morgan fingerprint density at radius 1 is 1.18 bits per heavy atom. The summed E-state index contributed by atoms with van der Waals surface area (Å²) in [5.41, 5.74) is 1.60. The molecule has 0 atom stereocenters. The minimum Gasteiger partial charge on any atom is -0.422 e. The van der Waals surface area contributed by atoms with E-state index in [2.05, 4.69) is 25.3 Å². The molecule has 0 spiro atoms. The van der Waals surface area contributed by atoms with Gasteiger partial charge in [0, 0.05) is 40.0 Å². The Bertz CT molecular complexity index is 1080. The van der Waals surface area contributed by atoms with Gasteiger partial charge in [-0.2, -0.15) is 0 Å². The number of hydrogen-bond donors (Lipinski definition) is 0. The van der Waals surface area contributed by atoms with Gasteiger partial charge in [0.05, 0.1) is 5.56 Å². The zero-order chi connectivity index (χ0) is 20.1. The molecule has 0 aliphatic rings. The summed E-state index contributed by atoms with van der Waals surface area (Å²) >= 11 is 1.21. The van der Waals surface area contributed by atoms with Crippen molar-refractivity contribution in [2.75, 3.05) is 18.0 Å². The van der Waals surface area contributed by atoms with Crippen LogP contribution in [-0.4, -0.2) is 13.1 Å². The van der Waals surface area contributed by atoms with Crippen molar-refractivity contribution in [1.82, 2.24) is 0 Å². The van der Waals surface area contributed by atoms with Crippen LogP contribution in [0, 0.1) is 5.82 Å². The van der Waals surface area contributed by atoms with E-state index in [9.17, 15) is 9.18 Å². The second-order valence-corrected chi connectivity index (χ2v) is 7.38. The van der Waals surface area contributed by atoms with Crippen molar-refractivity contribution in [3.8, 4) is 0 Å². The van der Waals surface area contributed by atoms with Crippen molar-refractivity contribution in [3.63, 3.8) is 0 Å². The highest BCUT2D eigenvalue weighted by Gasteiger charge is 2.08. The second-order valence-electron chi connectivity index (χ2n) is 6.22. The Morgan fingerprint density at radius 2 is 1.93 bits per heavy atom. The minimum atomic E-state index is -0.413. The van der Waals surface area contributed by atoms with E-state index in [-0.39, 0.29) is 5.82 Å². The van der Waals surface area contributed by atoms with Crippen molar-refractivity contribution >= 4 is 34.5 Å². The van der Waals surface area contributed by atoms with Crippen LogP contribution in [0.5, 0.6) is 0 Å². The third-order valence-electron chi connectivity index (χ3n) is 4.40. The van der Waals surface area contributed by atoms with Crippen LogP contribution < -0.4 is 10.5 Å². The lowest BCUT2D eigenvalue weighted by molar-refractivity contribution is 0.559. The van der Waals surface area contributed by atoms with Crippen molar-refractivity contribution in [1.29, 1.82) is 0 Å². The molecule has 0 N–H and O–H groups in total. The molecule has 5 heteroatoms. The van der Waals surface area contributed by atoms with E-state index in [1.54, 1.807) is 36.4 Å². The van der Waals surface area contributed by atoms with Gasteiger partial charge < -0.3 is 9.32 Å². The highest BCUT2D eigenvalue weighted by Crippen LogP contribution is 2.29. The van der Waals surface area contributed by atoms with Gasteiger partial charge in [-0.05, 0) is 56.3 Å². The Balaban J connectivity index is 1.83. The lowest BCUT2D eigenvalue weighted by atomic mass is 10.1. The van der Waals surface area contributed by atoms with Gasteiger partial charge in [0.15, 0.2) is 0 Å². The number of hydrogen-bond acceptors (Lipinski definition) is 4. The van der Waals surface area contributed by atoms with Crippen LogP contribution in [-0.2, 0) is 0 Å². The fourth-order valence-corrected chi connectivity index (χ4v) is 3.63. The molecule has 0 aliphatic carbocycles. The molecular weight excluding hydrogens is 373 g/mol. The topological polar surface area (TPSA) is 33.5 Å². The van der Waals surface area contributed by atoms with Gasteiger partial charge in [0.2, 0.25) is 0 Å². The monoisotopic (exact) mass is 395 g/mol. The quantitative estimate of drug-likeness (QED) is 0.275. The lowest BCUT2D eigenvalue weighted by Crippen LogP contribution is -2.21. The maximum Gasteiger partial charge on any atom is 0.343 e. The summed E-state index contributed by atoms with van der Waals surface area (Å²) in [4.78, 5) is 15.7. The number of allylic oxidation sites excluding steroid dienone is 1. The molecule has 144 valence electrons. The molecule has 28 heavy (non-hydrogen) atoms. The molecule has 3 aromatic rings. The van der Waals surface area contributed by atoms with Crippen molar-refractivity contribution in [2.45, 2.75) is 18.7 Å². The molecule has 3 rings (SSSR count). The zero-order valence-corrected chi connectivity index (χ0v) is 16.8. The number of halogens is 1. The molecule has 1 aromatic heterocycles. The van der Waals surface area contributed by atoms with Crippen molar-refractivity contribution in [2.24, 2.45) is 0 Å². The fourth-order valence-electron chi connectivity index (χ4n) is 2.90. The van der Waals surface area contributed by atoms with E-state index in [0.29, 0.717) is 20.9 Å². The predicted molar refractivity (Wildman–Crippen MR) is 116 cm³/mol. The van der Waals surface area contributed by atoms with Gasteiger partial charge in [0.1, 0.15) is 11.4 Å². The minimum absolute atomic E-state index is 0.295. The molecule has 0 bridgehead atoms. The smallest absolute Gasteiger partial charge is 0.343 e. The fraction of sp³-hybridized carbons (Fsp3) is 0.174. The summed E-state index contributed by atoms with van der Waals surface area (Å²) in [6.07, 6.45) is 3.35. The Morgan fingerprint density at radius 3 is 2.64 bits per heavy atom. The first-order chi connectivity index (χ1) is 13.5. The second kappa shape index (κ2) is 8.93. The number of nitrogens with zero attached hydrogens (tertiary/aromatic N) is 1. The zero-order valence-electron chi connectivity index (χ0n) is 15.9. The summed E-state index contributed by atoms with van der Waals surface area (Å²) in [6, 6.07) is 14.2. The van der Waals surface area contributed by atoms with Crippen LogP contribution in [0.25, 0.3) is 17.0 Å². The molecule has 0 saturated carbocycles. The van der Waals surface area contributed by atoms with E-state index in [1.165, 1.54) is 17.8 Å². The van der Waals surface area contributed by atoms with Gasteiger partial charge in [-0.15, -0.1) is 0 Å². The first-order valence-corrected chi connectivity index (χ1v) is 9.95. The number of rotatable bonds is 7. The van der Waals surface area contributed by atoms with E-state index in [4.69, 9.17) is 4.42 Å². The molecule has 0 unspecified atom stereocenters. The normalized spacial score (nSPS) is 11.2. The van der Waals surface area contributed by atoms with Crippen LogP contribution in [0.15, 0.2) is 80.2 Å². The van der Waals surface area contributed by atoms with Gasteiger partial charge in [-0.25, -0.2) is 9.18 Å². The number of benzene rings is 2. The van der Waals surface area contributed by atoms with E-state index in [1.807, 2.05) is 18.2 Å². The summed E-state index contributed by atoms with van der Waals surface area (Å²) in [5.74, 6) is -0.295. The molecule has 0 radical (unpaired) electrons. The summed E-state index contributed by atoms with van der Waals surface area (Å²) in [5, 5.41) is 0.850. The molecule has 3 nitrogen and oxygen atoms in total. The predicted octanol–water partition coefficient (Wildman–Crippen LogP) is 6.10. The lowest BCUT2D eigenvalue weighted by Gasteiger charge is -2.20. The first-order valence-electron chi connectivity index (χ1n) is 9.14. The Hall–Kier alpha value is -2.79. The van der Waals surface area contributed by atoms with Crippen molar-refractivity contribution < 1.29 is 8.81 Å². The van der Waals surface area contributed by atoms with Gasteiger partial charge in [-0.3, -0.25) is 0 Å². The van der Waals surface area contributed by atoms with Crippen molar-refractivity contribution in [3.05, 3.63) is 87.9 Å². The maximum absolute atomic E-state index is 13.7. The highest BCUT2D eigenvalue weighted by molar-refractivity contribution is 8.03. The first kappa shape index (κ1) is 20.0. The van der Waals surface area contributed by atoms with Crippen LogP contribution in [0.4, 0.5) is 10.1 Å². The van der Waals surface area contributed by atoms with E-state index >= 15 is 0 Å². The summed E-state index contributed by atoms with van der Waals surface area (Å²) in [6.45, 7) is 9.86. The molecule has 0 saturated heterocycles. The average molecular weight is 395 g/mol. The third-order valence-corrected chi connectivity index (χ3v) is 5.35. The SMILES string of the molecule is C=C(/C=C/c1cc2ccc(N(CC)CC)cc2oc1=O)Sc1ccccc1F. The largest absolute Gasteiger partial charge is 0.422 e. The molecule has 0 amide bonds. The van der Waals surface area contributed by atoms with Gasteiger partial charge in [-0.1, -0.05) is 30.5 Å². The molecular formula is C23H22FNO2S. The Kier molecular flexibility index (Phi) is 6.37. The molecule has 1 heterocycles. The summed E-state index contributed by atoms with van der Waals surface area (Å²) < 4.78 is 19.3. The number of anilines is 1. The van der Waals surface area contributed by atoms with Gasteiger partial charge in [0.25, 0.3) is 0 Å². The third kappa shape index (κ3) is 4.54. The van der Waals surface area contributed by atoms with Crippen LogP contribution in [0.2, 0.25) is 0 Å². The Labute approximate surface area is 168 Å². The number of fused-ring (bicyclic) bond motifs is 1. The van der Waals surface area contributed by atoms with E-state index in [0.717, 1.165) is 24.2 Å². The molecule has 2 aromatic carbocycles. The van der Waals surface area contributed by atoms with E-state index < -0.39 is 5.63 Å². The summed E-state index contributed by atoms with van der Waals surface area (Å²) in [7, 11) is 0. The standard InChI is InChI=1S/C23H22FNO2S/c1-4-25(5-2)19-13-12-17-14-18(23(26)27-21(17)15-19)11-10-16(3)28-22-9-7-6-8-20(22)24/h6-15H,3-5H2,1-2H3/b11-10+. The van der Waals surface area contributed by atoms with Crippen LogP contribution in [0.1, 0.15) is 19.4 Å². The molecule has 0 fully saturated rings. The van der Waals surface area contributed by atoms with Crippen LogP contribution >= 0.6 is 11.8 Å². The highest BCUT2D eigenvalue weighted by atomic mass is 32.2. The maximum atomic E-state index is 13.7. The molecule has 0 aliphatic heterocycles.